The van der Waals surface area contributed by atoms with Gasteiger partial charge in [-0.1, -0.05) is 18.9 Å². The highest BCUT2D eigenvalue weighted by atomic mass is 35.5. The van der Waals surface area contributed by atoms with Crippen molar-refractivity contribution in [3.63, 3.8) is 0 Å². The van der Waals surface area contributed by atoms with E-state index in [0.29, 0.717) is 28.1 Å². The lowest BCUT2D eigenvalue weighted by Crippen LogP contribution is -2.32. The summed E-state index contributed by atoms with van der Waals surface area (Å²) >= 11 is 0. The lowest BCUT2D eigenvalue weighted by Gasteiger charge is -2.22. The van der Waals surface area contributed by atoms with Crippen molar-refractivity contribution in [2.24, 2.45) is 0 Å². The number of aryl methyl sites for hydroxylation is 1. The Morgan fingerprint density at radius 3 is 2.53 bits per heavy atom. The lowest BCUT2D eigenvalue weighted by molar-refractivity contribution is 0.0600. The number of ether oxygens (including phenoxy) is 1. The molecular formula is C24H27ClN4O3. The number of nitrogens with zero attached hydrogens (tertiary/aromatic N) is 3. The highest BCUT2D eigenvalue weighted by Gasteiger charge is 2.23. The lowest BCUT2D eigenvalue weighted by atomic mass is 10.1. The van der Waals surface area contributed by atoms with E-state index in [1.54, 1.807) is 24.4 Å². The normalized spacial score (nSPS) is 13.8. The second-order valence-corrected chi connectivity index (χ2v) is 7.77. The van der Waals surface area contributed by atoms with Crippen molar-refractivity contribution in [3.05, 3.63) is 59.4 Å². The Kier molecular flexibility index (Phi) is 7.64. The molecular weight excluding hydrogens is 428 g/mol. The molecule has 32 heavy (non-hydrogen) atoms. The number of benzene rings is 1. The molecule has 0 saturated carbocycles. The summed E-state index contributed by atoms with van der Waals surface area (Å²) in [5.41, 5.74) is 3.68. The van der Waals surface area contributed by atoms with Gasteiger partial charge in [0.15, 0.2) is 5.65 Å². The number of aromatic nitrogens is 2. The largest absolute Gasteiger partial charge is 0.465 e. The molecule has 1 N–H and O–H groups in total. The van der Waals surface area contributed by atoms with Crippen LogP contribution in [0.3, 0.4) is 0 Å². The number of amides is 1. The Hall–Kier alpha value is -3.19. The fourth-order valence-corrected chi connectivity index (χ4v) is 3.90. The zero-order valence-corrected chi connectivity index (χ0v) is 19.1. The van der Waals surface area contributed by atoms with Crippen LogP contribution < -0.4 is 5.32 Å². The van der Waals surface area contributed by atoms with Crippen LogP contribution in [0.4, 0.5) is 11.4 Å². The molecule has 2 aromatic heterocycles. The van der Waals surface area contributed by atoms with Crippen molar-refractivity contribution < 1.29 is 14.3 Å². The van der Waals surface area contributed by atoms with E-state index in [0.717, 1.165) is 49.9 Å². The second kappa shape index (κ2) is 10.4. The summed E-state index contributed by atoms with van der Waals surface area (Å²) in [7, 11) is 1.35. The first-order chi connectivity index (χ1) is 15.1. The molecule has 0 aliphatic carbocycles. The number of methoxy groups -OCH3 is 1. The van der Waals surface area contributed by atoms with Gasteiger partial charge in [-0.05, 0) is 50.1 Å². The number of hydrogen-bond donors (Lipinski definition) is 1. The number of anilines is 2. The summed E-state index contributed by atoms with van der Waals surface area (Å²) in [4.78, 5) is 36.3. The van der Waals surface area contributed by atoms with Gasteiger partial charge in [0.1, 0.15) is 0 Å². The van der Waals surface area contributed by atoms with Crippen LogP contribution in [0.2, 0.25) is 0 Å². The third-order valence-corrected chi connectivity index (χ3v) is 5.55. The number of pyridine rings is 2. The summed E-state index contributed by atoms with van der Waals surface area (Å²) < 4.78 is 4.83. The Bertz CT molecular complexity index is 1130. The first-order valence-corrected chi connectivity index (χ1v) is 10.6. The van der Waals surface area contributed by atoms with Gasteiger partial charge in [-0.25, -0.2) is 14.8 Å². The van der Waals surface area contributed by atoms with Crippen LogP contribution >= 0.6 is 12.4 Å². The van der Waals surface area contributed by atoms with E-state index in [-0.39, 0.29) is 18.3 Å². The highest BCUT2D eigenvalue weighted by molar-refractivity contribution is 6.07. The number of halogens is 1. The van der Waals surface area contributed by atoms with Crippen molar-refractivity contribution >= 4 is 46.7 Å². The van der Waals surface area contributed by atoms with Crippen LogP contribution in [0.5, 0.6) is 0 Å². The predicted molar refractivity (Wildman–Crippen MR) is 127 cm³/mol. The van der Waals surface area contributed by atoms with Crippen LogP contribution in [-0.2, 0) is 4.74 Å². The second-order valence-electron chi connectivity index (χ2n) is 7.77. The molecule has 168 valence electrons. The molecule has 3 heterocycles. The number of nitrogens with one attached hydrogen (secondary N) is 1. The average molecular weight is 455 g/mol. The fourth-order valence-electron chi connectivity index (χ4n) is 3.90. The third kappa shape index (κ3) is 4.99. The first kappa shape index (κ1) is 23.5. The Balaban J connectivity index is 0.00000289. The van der Waals surface area contributed by atoms with Crippen molar-refractivity contribution in [3.8, 4) is 0 Å². The molecule has 1 aromatic carbocycles. The van der Waals surface area contributed by atoms with E-state index in [4.69, 9.17) is 4.74 Å². The quantitative estimate of drug-likeness (QED) is 0.564. The van der Waals surface area contributed by atoms with E-state index < -0.39 is 5.97 Å². The molecule has 1 aliphatic rings. The van der Waals surface area contributed by atoms with E-state index in [9.17, 15) is 9.59 Å². The molecule has 1 amide bonds. The van der Waals surface area contributed by atoms with Crippen molar-refractivity contribution in [2.75, 3.05) is 25.5 Å². The molecule has 7 nitrogen and oxygen atoms in total. The smallest absolute Gasteiger partial charge is 0.337 e. The maximum Gasteiger partial charge on any atom is 0.337 e. The first-order valence-electron chi connectivity index (χ1n) is 10.6. The molecule has 1 aliphatic heterocycles. The molecule has 0 unspecified atom stereocenters. The van der Waals surface area contributed by atoms with Gasteiger partial charge in [0.05, 0.1) is 23.9 Å². The number of rotatable bonds is 4. The fraction of sp³-hybridized carbons (Fsp3) is 0.333. The number of esters is 1. The van der Waals surface area contributed by atoms with Gasteiger partial charge >= 0.3 is 5.97 Å². The highest BCUT2D eigenvalue weighted by Crippen LogP contribution is 2.30. The summed E-state index contributed by atoms with van der Waals surface area (Å²) in [6, 6.07) is 10.9. The minimum atomic E-state index is -0.415. The van der Waals surface area contributed by atoms with Crippen LogP contribution in [-0.4, -0.2) is 46.9 Å². The number of carbonyl (C=O) groups excluding carboxylic acids is 2. The van der Waals surface area contributed by atoms with E-state index >= 15 is 0 Å². The van der Waals surface area contributed by atoms with Crippen LogP contribution in [0.25, 0.3) is 11.0 Å². The zero-order chi connectivity index (χ0) is 21.8. The molecule has 3 aromatic rings. The number of likely N-dealkylation sites (tertiary alicyclic amines) is 1. The van der Waals surface area contributed by atoms with Crippen molar-refractivity contribution in [2.45, 2.75) is 32.6 Å². The van der Waals surface area contributed by atoms with Gasteiger partial charge < -0.3 is 15.0 Å². The van der Waals surface area contributed by atoms with E-state index in [1.807, 2.05) is 30.0 Å². The summed E-state index contributed by atoms with van der Waals surface area (Å²) in [6.07, 6.45) is 5.92. The van der Waals surface area contributed by atoms with Crippen LogP contribution in [0, 0.1) is 6.92 Å². The van der Waals surface area contributed by atoms with Gasteiger partial charge in [-0.3, -0.25) is 4.79 Å². The number of hydrogen-bond acceptors (Lipinski definition) is 6. The number of carbonyl (C=O) groups is 2. The summed E-state index contributed by atoms with van der Waals surface area (Å²) in [5, 5.41) is 4.11. The molecule has 0 bridgehead atoms. The maximum absolute atomic E-state index is 13.4. The topological polar surface area (TPSA) is 84.4 Å². The third-order valence-electron chi connectivity index (χ3n) is 5.55. The van der Waals surface area contributed by atoms with Crippen LogP contribution in [0.1, 0.15) is 52.1 Å². The van der Waals surface area contributed by atoms with E-state index in [1.165, 1.54) is 7.11 Å². The predicted octanol–water partition coefficient (Wildman–Crippen LogP) is 4.91. The number of fused-ring (bicyclic) bond motifs is 1. The SMILES string of the molecule is COC(=O)c1cccc(Nc2c(C(=O)N3CCCCCC3)cnc3nc(C)ccc23)c1.Cl. The summed E-state index contributed by atoms with van der Waals surface area (Å²) in [6.45, 7) is 3.41. The molecule has 8 heteroatoms. The molecule has 1 fully saturated rings. The van der Waals surface area contributed by atoms with Crippen LogP contribution in [0.15, 0.2) is 42.6 Å². The standard InChI is InChI=1S/C24H26N4O3.ClH/c1-16-10-11-19-21(27-18-9-7-8-17(14-18)24(30)31-2)20(15-25-22(19)26-16)23(29)28-12-5-3-4-6-13-28;/h7-11,14-15H,3-6,12-13H2,1-2H3,(H,25,26,27);1H. The molecule has 1 saturated heterocycles. The molecule has 0 atom stereocenters. The molecule has 0 radical (unpaired) electrons. The van der Waals surface area contributed by atoms with Gasteiger partial charge in [0, 0.05) is 36.1 Å². The Labute approximate surface area is 193 Å². The van der Waals surface area contributed by atoms with Gasteiger partial charge in [-0.2, -0.15) is 0 Å². The zero-order valence-electron chi connectivity index (χ0n) is 18.3. The Morgan fingerprint density at radius 1 is 1.06 bits per heavy atom. The van der Waals surface area contributed by atoms with Crippen molar-refractivity contribution in [1.82, 2.24) is 14.9 Å². The van der Waals surface area contributed by atoms with Gasteiger partial charge in [0.2, 0.25) is 0 Å². The minimum absolute atomic E-state index is 0. The maximum atomic E-state index is 13.4. The van der Waals surface area contributed by atoms with Gasteiger partial charge in [-0.15, -0.1) is 12.4 Å². The van der Waals surface area contributed by atoms with Gasteiger partial charge in [0.25, 0.3) is 5.91 Å². The monoisotopic (exact) mass is 454 g/mol. The molecule has 0 spiro atoms. The molecule has 4 rings (SSSR count). The summed E-state index contributed by atoms with van der Waals surface area (Å²) in [5.74, 6) is -0.454. The van der Waals surface area contributed by atoms with E-state index in [2.05, 4.69) is 15.3 Å². The minimum Gasteiger partial charge on any atom is -0.465 e. The van der Waals surface area contributed by atoms with Crippen molar-refractivity contribution in [1.29, 1.82) is 0 Å². The average Bonchev–Trinajstić information content (AvgIpc) is 3.08. The Morgan fingerprint density at radius 2 is 1.81 bits per heavy atom.